The van der Waals surface area contributed by atoms with E-state index in [9.17, 15) is 22.8 Å². The minimum Gasteiger partial charge on any atom is -0.497 e. The summed E-state index contributed by atoms with van der Waals surface area (Å²) in [6.07, 6.45) is -3.60. The molecule has 8 heteroatoms. The number of halogens is 3. The van der Waals surface area contributed by atoms with Crippen LogP contribution in [-0.2, 0) is 11.0 Å². The maximum atomic E-state index is 12.7. The van der Waals surface area contributed by atoms with Gasteiger partial charge in [-0.1, -0.05) is 12.1 Å². The van der Waals surface area contributed by atoms with Gasteiger partial charge in [-0.2, -0.15) is 13.2 Å². The molecule has 0 aromatic heterocycles. The Hall–Kier alpha value is -3.55. The molecule has 0 saturated carbocycles. The van der Waals surface area contributed by atoms with Gasteiger partial charge in [0.2, 0.25) is 0 Å². The smallest absolute Gasteiger partial charge is 0.416 e. The highest BCUT2D eigenvalue weighted by molar-refractivity contribution is 5.94. The Balaban J connectivity index is 1.35. The number of fused-ring (bicyclic) bond motifs is 1. The first-order valence-corrected chi connectivity index (χ1v) is 10.5. The maximum absolute atomic E-state index is 12.7. The number of piperidine rings is 1. The minimum absolute atomic E-state index is 0.190. The van der Waals surface area contributed by atoms with E-state index in [1.54, 1.807) is 24.1 Å². The van der Waals surface area contributed by atoms with Crippen LogP contribution < -0.4 is 9.47 Å². The summed E-state index contributed by atoms with van der Waals surface area (Å²) in [6.45, 7) is 0.656. The fraction of sp³-hybridized carbons (Fsp3) is 0.280. The highest BCUT2D eigenvalue weighted by Crippen LogP contribution is 2.30. The number of ether oxygens (including phenoxy) is 2. The van der Waals surface area contributed by atoms with Crippen molar-refractivity contribution in [2.24, 2.45) is 5.92 Å². The van der Waals surface area contributed by atoms with Crippen LogP contribution >= 0.6 is 0 Å². The zero-order valence-corrected chi connectivity index (χ0v) is 17.9. The molecule has 1 aliphatic rings. The number of likely N-dealkylation sites (tertiary alicyclic amines) is 1. The summed E-state index contributed by atoms with van der Waals surface area (Å²) in [5.41, 5.74) is -0.608. The molecule has 1 saturated heterocycles. The molecule has 0 atom stereocenters. The summed E-state index contributed by atoms with van der Waals surface area (Å²) >= 11 is 0. The van der Waals surface area contributed by atoms with Crippen LogP contribution in [-0.4, -0.2) is 37.0 Å². The molecule has 3 aromatic rings. The number of hydrogen-bond acceptors (Lipinski definition) is 4. The lowest BCUT2D eigenvalue weighted by Crippen LogP contribution is -2.41. The normalized spacial score (nSPS) is 14.8. The Bertz CT molecular complexity index is 1170. The molecular weight excluding hydrogens is 435 g/mol. The van der Waals surface area contributed by atoms with E-state index in [-0.39, 0.29) is 23.4 Å². The number of amides is 1. The van der Waals surface area contributed by atoms with E-state index in [4.69, 9.17) is 9.47 Å². The summed E-state index contributed by atoms with van der Waals surface area (Å²) < 4.78 is 49.0. The first-order valence-electron chi connectivity index (χ1n) is 10.5. The van der Waals surface area contributed by atoms with Gasteiger partial charge in [0, 0.05) is 18.7 Å². The van der Waals surface area contributed by atoms with E-state index in [1.807, 2.05) is 24.3 Å². The van der Waals surface area contributed by atoms with Gasteiger partial charge >= 0.3 is 12.1 Å². The number of rotatable bonds is 4. The van der Waals surface area contributed by atoms with Crippen LogP contribution in [0.15, 0.2) is 60.7 Å². The molecule has 1 aliphatic heterocycles. The van der Waals surface area contributed by atoms with Gasteiger partial charge in [-0.15, -0.1) is 0 Å². The van der Waals surface area contributed by atoms with Crippen LogP contribution in [0.2, 0.25) is 0 Å². The number of hydrogen-bond donors (Lipinski definition) is 0. The van der Waals surface area contributed by atoms with Gasteiger partial charge in [0.15, 0.2) is 0 Å². The van der Waals surface area contributed by atoms with Crippen LogP contribution in [0.3, 0.4) is 0 Å². The molecule has 0 N–H and O–H groups in total. The SMILES string of the molecule is COc1ccc2ccc(OC(=O)C3CCN(C(=O)c4ccc(C(F)(F)F)cc4)CC3)cc2c1. The molecule has 3 aromatic carbocycles. The van der Waals surface area contributed by atoms with Crippen LogP contribution in [0.25, 0.3) is 10.8 Å². The average molecular weight is 457 g/mol. The van der Waals surface area contributed by atoms with E-state index in [1.165, 1.54) is 12.1 Å². The van der Waals surface area contributed by atoms with Crippen molar-refractivity contribution in [2.75, 3.05) is 20.2 Å². The number of methoxy groups -OCH3 is 1. The fourth-order valence-electron chi connectivity index (χ4n) is 3.90. The lowest BCUT2D eigenvalue weighted by molar-refractivity contribution is -0.140. The summed E-state index contributed by atoms with van der Waals surface area (Å²) in [6, 6.07) is 15.2. The first kappa shape index (κ1) is 22.6. The summed E-state index contributed by atoms with van der Waals surface area (Å²) in [4.78, 5) is 26.8. The number of benzene rings is 3. The van der Waals surface area contributed by atoms with Crippen molar-refractivity contribution in [3.63, 3.8) is 0 Å². The molecule has 0 spiro atoms. The third-order valence-corrected chi connectivity index (χ3v) is 5.81. The topological polar surface area (TPSA) is 55.8 Å². The second-order valence-electron chi connectivity index (χ2n) is 7.94. The third kappa shape index (κ3) is 5.10. The van der Waals surface area contributed by atoms with Crippen LogP contribution in [0, 0.1) is 5.92 Å². The predicted octanol–water partition coefficient (Wildman–Crippen LogP) is 5.33. The Morgan fingerprint density at radius 1 is 0.879 bits per heavy atom. The maximum Gasteiger partial charge on any atom is 0.416 e. The highest BCUT2D eigenvalue weighted by atomic mass is 19.4. The predicted molar refractivity (Wildman–Crippen MR) is 116 cm³/mol. The van der Waals surface area contributed by atoms with Crippen molar-refractivity contribution in [3.8, 4) is 11.5 Å². The molecule has 1 amide bonds. The Labute approximate surface area is 188 Å². The van der Waals surface area contributed by atoms with E-state index >= 15 is 0 Å². The number of carbonyl (C=O) groups is 2. The molecule has 1 fully saturated rings. The van der Waals surface area contributed by atoms with E-state index < -0.39 is 11.7 Å². The standard InChI is InChI=1S/C25H22F3NO4/c1-32-21-8-4-16-5-9-22(15-19(16)14-21)33-24(31)18-10-12-29(13-11-18)23(30)17-2-6-20(7-3-17)25(26,27)28/h2-9,14-15,18H,10-13H2,1H3. The van der Waals surface area contributed by atoms with E-state index in [0.717, 1.165) is 22.9 Å². The van der Waals surface area contributed by atoms with Crippen molar-refractivity contribution in [3.05, 3.63) is 71.8 Å². The van der Waals surface area contributed by atoms with Gasteiger partial charge in [-0.25, -0.2) is 0 Å². The van der Waals surface area contributed by atoms with Gasteiger partial charge in [-0.3, -0.25) is 9.59 Å². The van der Waals surface area contributed by atoms with Crippen molar-refractivity contribution in [1.29, 1.82) is 0 Å². The number of carbonyl (C=O) groups excluding carboxylic acids is 2. The minimum atomic E-state index is -4.45. The second-order valence-corrected chi connectivity index (χ2v) is 7.94. The largest absolute Gasteiger partial charge is 0.497 e. The molecular formula is C25H22F3NO4. The van der Waals surface area contributed by atoms with E-state index in [0.29, 0.717) is 37.4 Å². The summed E-state index contributed by atoms with van der Waals surface area (Å²) in [5.74, 6) is 0.0700. The summed E-state index contributed by atoms with van der Waals surface area (Å²) in [7, 11) is 1.58. The fourth-order valence-corrected chi connectivity index (χ4v) is 3.90. The zero-order valence-electron chi connectivity index (χ0n) is 17.9. The summed E-state index contributed by atoms with van der Waals surface area (Å²) in [5, 5.41) is 1.88. The Kier molecular flexibility index (Phi) is 6.26. The highest BCUT2D eigenvalue weighted by Gasteiger charge is 2.32. The van der Waals surface area contributed by atoms with Crippen LogP contribution in [0.5, 0.6) is 11.5 Å². The van der Waals surface area contributed by atoms with Crippen LogP contribution in [0.4, 0.5) is 13.2 Å². The Morgan fingerprint density at radius 2 is 1.48 bits per heavy atom. The second kappa shape index (κ2) is 9.13. The lowest BCUT2D eigenvalue weighted by atomic mass is 9.96. The quantitative estimate of drug-likeness (QED) is 0.393. The van der Waals surface area contributed by atoms with Crippen molar-refractivity contribution >= 4 is 22.6 Å². The molecule has 5 nitrogen and oxygen atoms in total. The first-order chi connectivity index (χ1) is 15.7. The van der Waals surface area contributed by atoms with Crippen molar-refractivity contribution in [1.82, 2.24) is 4.90 Å². The molecule has 0 radical (unpaired) electrons. The molecule has 4 rings (SSSR count). The molecule has 33 heavy (non-hydrogen) atoms. The van der Waals surface area contributed by atoms with Gasteiger partial charge in [-0.05, 0) is 72.1 Å². The molecule has 0 aliphatic carbocycles. The molecule has 1 heterocycles. The zero-order chi connectivity index (χ0) is 23.6. The number of alkyl halides is 3. The molecule has 172 valence electrons. The van der Waals surface area contributed by atoms with Crippen molar-refractivity contribution in [2.45, 2.75) is 19.0 Å². The average Bonchev–Trinajstić information content (AvgIpc) is 2.82. The van der Waals surface area contributed by atoms with E-state index in [2.05, 4.69) is 0 Å². The van der Waals surface area contributed by atoms with Gasteiger partial charge in [0.05, 0.1) is 18.6 Å². The van der Waals surface area contributed by atoms with Gasteiger partial charge in [0.1, 0.15) is 11.5 Å². The van der Waals surface area contributed by atoms with Crippen molar-refractivity contribution < 1.29 is 32.2 Å². The molecule has 0 unspecified atom stereocenters. The lowest BCUT2D eigenvalue weighted by Gasteiger charge is -2.31. The van der Waals surface area contributed by atoms with Gasteiger partial charge < -0.3 is 14.4 Å². The number of esters is 1. The Morgan fingerprint density at radius 3 is 2.09 bits per heavy atom. The third-order valence-electron chi connectivity index (χ3n) is 5.81. The number of nitrogens with zero attached hydrogens (tertiary/aromatic N) is 1. The van der Waals surface area contributed by atoms with Crippen LogP contribution in [0.1, 0.15) is 28.8 Å². The van der Waals surface area contributed by atoms with Gasteiger partial charge in [0.25, 0.3) is 5.91 Å². The monoisotopic (exact) mass is 457 g/mol. The molecule has 0 bridgehead atoms.